The normalized spacial score (nSPS) is 19.9. The smallest absolute Gasteiger partial charge is 0.224 e. The summed E-state index contributed by atoms with van der Waals surface area (Å²) in [5.74, 6) is 0.208. The lowest BCUT2D eigenvalue weighted by atomic mass is 10.0. The molecule has 1 aromatic rings. The van der Waals surface area contributed by atoms with Crippen LogP contribution in [0, 0.1) is 5.92 Å². The number of amides is 1. The van der Waals surface area contributed by atoms with Gasteiger partial charge in [-0.15, -0.1) is 0 Å². The Morgan fingerprint density at radius 2 is 1.87 bits per heavy atom. The van der Waals surface area contributed by atoms with Gasteiger partial charge < -0.3 is 5.32 Å². The summed E-state index contributed by atoms with van der Waals surface area (Å²) >= 11 is 0. The highest BCUT2D eigenvalue weighted by molar-refractivity contribution is 7.91. The molecule has 128 valence electrons. The van der Waals surface area contributed by atoms with Crippen molar-refractivity contribution < 1.29 is 13.2 Å². The monoisotopic (exact) mass is 338 g/mol. The summed E-state index contributed by atoms with van der Waals surface area (Å²) in [6.45, 7) is 7.21. The van der Waals surface area contributed by atoms with Crippen LogP contribution in [-0.4, -0.2) is 43.8 Å². The number of hydrogen-bond donors (Lipinski definition) is 1. The molecule has 1 heterocycles. The van der Waals surface area contributed by atoms with Crippen LogP contribution in [0.3, 0.4) is 0 Å². The maximum absolute atomic E-state index is 12.0. The van der Waals surface area contributed by atoms with Gasteiger partial charge in [-0.05, 0) is 43.1 Å². The predicted octanol–water partition coefficient (Wildman–Crippen LogP) is 2.29. The number of sulfone groups is 1. The van der Waals surface area contributed by atoms with Crippen molar-refractivity contribution in [2.75, 3.05) is 29.9 Å². The van der Waals surface area contributed by atoms with Gasteiger partial charge in [0.15, 0.2) is 9.84 Å². The predicted molar refractivity (Wildman–Crippen MR) is 93.1 cm³/mol. The van der Waals surface area contributed by atoms with E-state index < -0.39 is 9.84 Å². The fourth-order valence-corrected chi connectivity index (χ4v) is 4.77. The molecule has 23 heavy (non-hydrogen) atoms. The van der Waals surface area contributed by atoms with E-state index in [0.717, 1.165) is 25.3 Å². The summed E-state index contributed by atoms with van der Waals surface area (Å²) in [6.07, 6.45) is 0.874. The quantitative estimate of drug-likeness (QED) is 0.828. The van der Waals surface area contributed by atoms with E-state index in [4.69, 9.17) is 0 Å². The van der Waals surface area contributed by atoms with E-state index in [-0.39, 0.29) is 29.8 Å². The molecule has 0 unspecified atom stereocenters. The first kappa shape index (κ1) is 17.9. The van der Waals surface area contributed by atoms with Crippen LogP contribution in [0.2, 0.25) is 0 Å². The van der Waals surface area contributed by atoms with Crippen LogP contribution in [0.15, 0.2) is 24.3 Å². The topological polar surface area (TPSA) is 66.5 Å². The van der Waals surface area contributed by atoms with Crippen molar-refractivity contribution in [2.24, 2.45) is 5.92 Å². The molecule has 0 saturated carbocycles. The van der Waals surface area contributed by atoms with Gasteiger partial charge in [0.25, 0.3) is 0 Å². The van der Waals surface area contributed by atoms with Gasteiger partial charge in [-0.2, -0.15) is 0 Å². The maximum atomic E-state index is 12.0. The second-order valence-corrected chi connectivity index (χ2v) is 8.41. The summed E-state index contributed by atoms with van der Waals surface area (Å²) in [5, 5.41) is 2.86. The number of anilines is 1. The molecule has 1 aliphatic rings. The highest BCUT2D eigenvalue weighted by atomic mass is 32.2. The van der Waals surface area contributed by atoms with Crippen LogP contribution in [0.5, 0.6) is 0 Å². The Balaban J connectivity index is 1.84. The Labute approximate surface area is 139 Å². The lowest BCUT2D eigenvalue weighted by molar-refractivity contribution is -0.116. The Morgan fingerprint density at radius 1 is 1.22 bits per heavy atom. The zero-order valence-electron chi connectivity index (χ0n) is 13.9. The molecular formula is C17H26N2O3S. The van der Waals surface area contributed by atoms with Gasteiger partial charge in [-0.25, -0.2) is 8.42 Å². The van der Waals surface area contributed by atoms with Crippen molar-refractivity contribution in [1.82, 2.24) is 4.90 Å². The molecule has 1 fully saturated rings. The number of rotatable bonds is 7. The summed E-state index contributed by atoms with van der Waals surface area (Å²) < 4.78 is 22.8. The molecule has 1 aromatic carbocycles. The number of nitrogens with one attached hydrogen (secondary N) is 1. The van der Waals surface area contributed by atoms with Crippen LogP contribution >= 0.6 is 0 Å². The molecule has 0 radical (unpaired) electrons. The summed E-state index contributed by atoms with van der Waals surface area (Å²) in [6, 6.07) is 7.85. The fourth-order valence-electron chi connectivity index (χ4n) is 2.91. The minimum Gasteiger partial charge on any atom is -0.326 e. The third-order valence-electron chi connectivity index (χ3n) is 4.34. The van der Waals surface area contributed by atoms with Crippen molar-refractivity contribution in [3.8, 4) is 0 Å². The molecule has 2 rings (SSSR count). The first-order valence-corrected chi connectivity index (χ1v) is 10.1. The number of carbonyl (C=O) groups excluding carboxylic acids is 1. The summed E-state index contributed by atoms with van der Waals surface area (Å²) in [5.41, 5.74) is 1.98. The Hall–Kier alpha value is -1.40. The zero-order chi connectivity index (χ0) is 16.9. The van der Waals surface area contributed by atoms with E-state index >= 15 is 0 Å². The molecule has 1 atom stereocenters. The Morgan fingerprint density at radius 3 is 2.39 bits per heavy atom. The Kier molecular flexibility index (Phi) is 6.18. The van der Waals surface area contributed by atoms with Gasteiger partial charge in [0.05, 0.1) is 11.5 Å². The minimum atomic E-state index is -2.92. The van der Waals surface area contributed by atoms with Gasteiger partial charge in [0.1, 0.15) is 0 Å². The van der Waals surface area contributed by atoms with Crippen molar-refractivity contribution in [3.63, 3.8) is 0 Å². The first-order valence-electron chi connectivity index (χ1n) is 8.23. The molecule has 1 amide bonds. The number of carbonyl (C=O) groups is 1. The largest absolute Gasteiger partial charge is 0.326 e. The van der Waals surface area contributed by atoms with Crippen LogP contribution in [0.4, 0.5) is 5.69 Å². The van der Waals surface area contributed by atoms with Crippen molar-refractivity contribution in [3.05, 3.63) is 29.8 Å². The van der Waals surface area contributed by atoms with E-state index in [2.05, 4.69) is 24.1 Å². The summed E-state index contributed by atoms with van der Waals surface area (Å²) in [4.78, 5) is 14.3. The zero-order valence-corrected chi connectivity index (χ0v) is 14.7. The van der Waals surface area contributed by atoms with Gasteiger partial charge in [-0.3, -0.25) is 9.69 Å². The second kappa shape index (κ2) is 7.93. The van der Waals surface area contributed by atoms with Crippen LogP contribution in [-0.2, 0) is 21.2 Å². The lowest BCUT2D eigenvalue weighted by Gasteiger charge is -2.18. The third kappa shape index (κ3) is 5.62. The average molecular weight is 338 g/mol. The van der Waals surface area contributed by atoms with Gasteiger partial charge in [-0.1, -0.05) is 26.0 Å². The van der Waals surface area contributed by atoms with Gasteiger partial charge in [0.2, 0.25) is 5.91 Å². The number of nitrogens with zero attached hydrogens (tertiary/aromatic N) is 1. The third-order valence-corrected chi connectivity index (χ3v) is 6.18. The molecule has 1 aliphatic heterocycles. The first-order chi connectivity index (χ1) is 10.9. The second-order valence-electron chi connectivity index (χ2n) is 6.18. The molecule has 0 bridgehead atoms. The highest BCUT2D eigenvalue weighted by Crippen LogP contribution is 2.22. The molecule has 0 aliphatic carbocycles. The molecule has 1 saturated heterocycles. The SMILES string of the molecule is CCN(CC)Cc1ccc(NC(=O)C[C@H]2CCS(=O)(=O)C2)cc1. The fraction of sp³-hybridized carbons (Fsp3) is 0.588. The van der Waals surface area contributed by atoms with E-state index in [0.29, 0.717) is 6.42 Å². The van der Waals surface area contributed by atoms with Crippen molar-refractivity contribution in [2.45, 2.75) is 33.2 Å². The van der Waals surface area contributed by atoms with E-state index in [1.54, 1.807) is 0 Å². The van der Waals surface area contributed by atoms with E-state index in [1.165, 1.54) is 5.56 Å². The van der Waals surface area contributed by atoms with Crippen molar-refractivity contribution >= 4 is 21.4 Å². The van der Waals surface area contributed by atoms with Crippen LogP contribution < -0.4 is 5.32 Å². The number of hydrogen-bond acceptors (Lipinski definition) is 4. The molecular weight excluding hydrogens is 312 g/mol. The maximum Gasteiger partial charge on any atom is 0.224 e. The molecule has 0 aromatic heterocycles. The van der Waals surface area contributed by atoms with Crippen LogP contribution in [0.25, 0.3) is 0 Å². The lowest BCUT2D eigenvalue weighted by Crippen LogP contribution is -2.22. The highest BCUT2D eigenvalue weighted by Gasteiger charge is 2.29. The van der Waals surface area contributed by atoms with Crippen LogP contribution in [0.1, 0.15) is 32.3 Å². The molecule has 1 N–H and O–H groups in total. The van der Waals surface area contributed by atoms with Gasteiger partial charge in [0, 0.05) is 18.7 Å². The standard InChI is InChI=1S/C17H26N2O3S/c1-3-19(4-2)12-14-5-7-16(8-6-14)18-17(20)11-15-9-10-23(21,22)13-15/h5-8,15H,3-4,9-13H2,1-2H3,(H,18,20)/t15-/m1/s1. The molecule has 0 spiro atoms. The van der Waals surface area contributed by atoms with Crippen molar-refractivity contribution in [1.29, 1.82) is 0 Å². The number of benzene rings is 1. The van der Waals surface area contributed by atoms with E-state index in [1.807, 2.05) is 24.3 Å². The van der Waals surface area contributed by atoms with E-state index in [9.17, 15) is 13.2 Å². The minimum absolute atomic E-state index is 0.0399. The molecule has 5 nitrogen and oxygen atoms in total. The summed E-state index contributed by atoms with van der Waals surface area (Å²) in [7, 11) is -2.92. The average Bonchev–Trinajstić information content (AvgIpc) is 2.85. The molecule has 6 heteroatoms. The van der Waals surface area contributed by atoms with Gasteiger partial charge >= 0.3 is 0 Å². The Bertz CT molecular complexity index is 622.